The number of ether oxygens (including phenoxy) is 2. The maximum Gasteiger partial charge on any atom is 0.332 e. The van der Waals surface area contributed by atoms with Gasteiger partial charge >= 0.3 is 5.97 Å². The Morgan fingerprint density at radius 2 is 2.25 bits per heavy atom. The van der Waals surface area contributed by atoms with E-state index in [1.54, 1.807) is 6.92 Å². The van der Waals surface area contributed by atoms with Gasteiger partial charge < -0.3 is 20.5 Å². The topological polar surface area (TPSA) is 90.7 Å². The van der Waals surface area contributed by atoms with Crippen LogP contribution in [0.1, 0.15) is 24.9 Å². The lowest BCUT2D eigenvalue weighted by molar-refractivity contribution is -0.148. The van der Waals surface area contributed by atoms with Crippen molar-refractivity contribution in [2.45, 2.75) is 25.4 Å². The van der Waals surface area contributed by atoms with Gasteiger partial charge in [-0.2, -0.15) is 0 Å². The molecule has 2 unspecified atom stereocenters. The fraction of sp³-hybridized carbons (Fsp3) is 0.429. The number of para-hydroxylation sites is 1. The summed E-state index contributed by atoms with van der Waals surface area (Å²) in [4.78, 5) is 23.4. The molecule has 1 aromatic carbocycles. The van der Waals surface area contributed by atoms with Gasteiger partial charge in [-0.05, 0) is 13.0 Å². The fourth-order valence-corrected chi connectivity index (χ4v) is 2.09. The Labute approximate surface area is 117 Å². The monoisotopic (exact) mass is 278 g/mol. The van der Waals surface area contributed by atoms with Crippen LogP contribution in [0.25, 0.3) is 0 Å². The summed E-state index contributed by atoms with van der Waals surface area (Å²) >= 11 is 0. The van der Waals surface area contributed by atoms with Crippen LogP contribution in [0.3, 0.4) is 0 Å². The number of benzene rings is 1. The Hall–Kier alpha value is -2.08. The molecule has 1 heterocycles. The standard InChI is InChI=1S/C14H18N2O4/c1-2-19-14(18)12(15)13(17)16-10-7-8-20-11-6-4-3-5-9(10)11/h3-6,10,12H,2,7-8,15H2,1H3,(H,16,17). The lowest BCUT2D eigenvalue weighted by Crippen LogP contribution is -2.48. The first kappa shape index (κ1) is 14.3. The average molecular weight is 278 g/mol. The van der Waals surface area contributed by atoms with Gasteiger partial charge in [-0.1, -0.05) is 18.2 Å². The average Bonchev–Trinajstić information content (AvgIpc) is 2.47. The van der Waals surface area contributed by atoms with Gasteiger partial charge in [0.15, 0.2) is 6.04 Å². The fourth-order valence-electron chi connectivity index (χ4n) is 2.09. The zero-order valence-corrected chi connectivity index (χ0v) is 11.3. The summed E-state index contributed by atoms with van der Waals surface area (Å²) in [7, 11) is 0. The molecule has 108 valence electrons. The molecule has 1 aliphatic rings. The molecule has 3 N–H and O–H groups in total. The summed E-state index contributed by atoms with van der Waals surface area (Å²) in [5.74, 6) is -0.510. The number of esters is 1. The van der Waals surface area contributed by atoms with Gasteiger partial charge in [0.2, 0.25) is 5.91 Å². The van der Waals surface area contributed by atoms with Crippen molar-refractivity contribution >= 4 is 11.9 Å². The number of hydrogen-bond acceptors (Lipinski definition) is 5. The molecule has 2 rings (SSSR count). The molecule has 0 aliphatic carbocycles. The van der Waals surface area contributed by atoms with E-state index in [-0.39, 0.29) is 12.6 Å². The van der Waals surface area contributed by atoms with E-state index < -0.39 is 17.9 Å². The first-order valence-electron chi connectivity index (χ1n) is 6.57. The van der Waals surface area contributed by atoms with E-state index in [2.05, 4.69) is 5.32 Å². The summed E-state index contributed by atoms with van der Waals surface area (Å²) in [5.41, 5.74) is 6.46. The highest BCUT2D eigenvalue weighted by Gasteiger charge is 2.28. The lowest BCUT2D eigenvalue weighted by Gasteiger charge is -2.27. The Balaban J connectivity index is 2.04. The molecule has 20 heavy (non-hydrogen) atoms. The third kappa shape index (κ3) is 3.08. The van der Waals surface area contributed by atoms with Gasteiger partial charge in [-0.15, -0.1) is 0 Å². The van der Waals surface area contributed by atoms with Crippen LogP contribution in [0.4, 0.5) is 0 Å². The van der Waals surface area contributed by atoms with Crippen LogP contribution < -0.4 is 15.8 Å². The van der Waals surface area contributed by atoms with Gasteiger partial charge in [0.05, 0.1) is 19.3 Å². The minimum atomic E-state index is -1.30. The number of rotatable bonds is 4. The van der Waals surface area contributed by atoms with Gasteiger partial charge in [0.1, 0.15) is 5.75 Å². The zero-order valence-electron chi connectivity index (χ0n) is 11.3. The maximum atomic E-state index is 12.0. The van der Waals surface area contributed by atoms with Crippen LogP contribution in [-0.2, 0) is 14.3 Å². The zero-order chi connectivity index (χ0) is 14.5. The van der Waals surface area contributed by atoms with E-state index in [0.717, 1.165) is 11.3 Å². The predicted molar refractivity (Wildman–Crippen MR) is 72.0 cm³/mol. The van der Waals surface area contributed by atoms with Crippen molar-refractivity contribution in [1.29, 1.82) is 0 Å². The number of carbonyl (C=O) groups is 2. The molecule has 1 aliphatic heterocycles. The van der Waals surface area contributed by atoms with Crippen molar-refractivity contribution in [3.8, 4) is 5.75 Å². The van der Waals surface area contributed by atoms with Crippen molar-refractivity contribution in [2.75, 3.05) is 13.2 Å². The molecule has 0 radical (unpaired) electrons. The maximum absolute atomic E-state index is 12.0. The minimum Gasteiger partial charge on any atom is -0.493 e. The third-order valence-corrected chi connectivity index (χ3v) is 3.10. The Morgan fingerprint density at radius 1 is 1.50 bits per heavy atom. The van der Waals surface area contributed by atoms with Crippen molar-refractivity contribution in [1.82, 2.24) is 5.32 Å². The summed E-state index contributed by atoms with van der Waals surface area (Å²) in [5, 5.41) is 2.77. The molecule has 0 bridgehead atoms. The quantitative estimate of drug-likeness (QED) is 0.619. The predicted octanol–water partition coefficient (Wildman–Crippen LogP) is 0.517. The first-order chi connectivity index (χ1) is 9.63. The Bertz CT molecular complexity index is 504. The minimum absolute atomic E-state index is 0.194. The molecular formula is C14H18N2O4. The number of fused-ring (bicyclic) bond motifs is 1. The van der Waals surface area contributed by atoms with Gasteiger partial charge in [0, 0.05) is 12.0 Å². The highest BCUT2D eigenvalue weighted by Crippen LogP contribution is 2.31. The second-order valence-electron chi connectivity index (χ2n) is 4.47. The van der Waals surface area contributed by atoms with Crippen molar-refractivity contribution in [2.24, 2.45) is 5.73 Å². The molecule has 0 aromatic heterocycles. The molecule has 6 heteroatoms. The summed E-state index contributed by atoms with van der Waals surface area (Å²) in [6, 6.07) is 5.97. The molecule has 0 spiro atoms. The molecule has 6 nitrogen and oxygen atoms in total. The second-order valence-corrected chi connectivity index (χ2v) is 4.47. The largest absolute Gasteiger partial charge is 0.493 e. The molecule has 0 fully saturated rings. The molecular weight excluding hydrogens is 260 g/mol. The SMILES string of the molecule is CCOC(=O)C(N)C(=O)NC1CCOc2ccccc21. The molecule has 1 aromatic rings. The van der Waals surface area contributed by atoms with E-state index in [4.69, 9.17) is 15.2 Å². The third-order valence-electron chi connectivity index (χ3n) is 3.10. The van der Waals surface area contributed by atoms with Gasteiger partial charge in [0.25, 0.3) is 0 Å². The number of nitrogens with two attached hydrogens (primary N) is 1. The second kappa shape index (κ2) is 6.38. The Kier molecular flexibility index (Phi) is 4.57. The summed E-state index contributed by atoms with van der Waals surface area (Å²) in [6.45, 7) is 2.37. The molecule has 1 amide bonds. The van der Waals surface area contributed by atoms with Crippen LogP contribution >= 0.6 is 0 Å². The van der Waals surface area contributed by atoms with Crippen molar-refractivity contribution in [3.63, 3.8) is 0 Å². The van der Waals surface area contributed by atoms with E-state index in [1.165, 1.54) is 0 Å². The van der Waals surface area contributed by atoms with Crippen LogP contribution in [-0.4, -0.2) is 31.1 Å². The number of hydrogen-bond donors (Lipinski definition) is 2. The van der Waals surface area contributed by atoms with Gasteiger partial charge in [-0.25, -0.2) is 4.79 Å². The first-order valence-corrected chi connectivity index (χ1v) is 6.57. The Morgan fingerprint density at radius 3 is 3.00 bits per heavy atom. The van der Waals surface area contributed by atoms with E-state index in [9.17, 15) is 9.59 Å². The van der Waals surface area contributed by atoms with Crippen LogP contribution in [0.15, 0.2) is 24.3 Å². The lowest BCUT2D eigenvalue weighted by atomic mass is 10.0. The van der Waals surface area contributed by atoms with E-state index in [1.807, 2.05) is 24.3 Å². The number of carbonyl (C=O) groups excluding carboxylic acids is 2. The van der Waals surface area contributed by atoms with E-state index >= 15 is 0 Å². The van der Waals surface area contributed by atoms with Gasteiger partial charge in [-0.3, -0.25) is 4.79 Å². The molecule has 0 saturated carbocycles. The highest BCUT2D eigenvalue weighted by molar-refractivity contribution is 6.01. The summed E-state index contributed by atoms with van der Waals surface area (Å²) in [6.07, 6.45) is 0.637. The van der Waals surface area contributed by atoms with Crippen LogP contribution in [0.5, 0.6) is 5.75 Å². The highest BCUT2D eigenvalue weighted by atomic mass is 16.5. The van der Waals surface area contributed by atoms with Crippen molar-refractivity contribution in [3.05, 3.63) is 29.8 Å². The molecule has 2 atom stereocenters. The van der Waals surface area contributed by atoms with E-state index in [0.29, 0.717) is 13.0 Å². The van der Waals surface area contributed by atoms with Crippen LogP contribution in [0, 0.1) is 0 Å². The van der Waals surface area contributed by atoms with Crippen LogP contribution in [0.2, 0.25) is 0 Å². The number of amides is 1. The normalized spacial score (nSPS) is 18.4. The smallest absolute Gasteiger partial charge is 0.332 e. The van der Waals surface area contributed by atoms with Crippen molar-refractivity contribution < 1.29 is 19.1 Å². The summed E-state index contributed by atoms with van der Waals surface area (Å²) < 4.78 is 10.2. The number of nitrogens with one attached hydrogen (secondary N) is 1. The molecule has 0 saturated heterocycles.